The summed E-state index contributed by atoms with van der Waals surface area (Å²) < 4.78 is 7.54. The van der Waals surface area contributed by atoms with Crippen LogP contribution in [0.15, 0.2) is 53.2 Å². The minimum atomic E-state index is -0.123. The number of thiazole rings is 1. The highest BCUT2D eigenvalue weighted by Crippen LogP contribution is 2.49. The van der Waals surface area contributed by atoms with E-state index in [2.05, 4.69) is 67.5 Å². The number of hydrogen-bond donors (Lipinski definition) is 0. The zero-order valence-electron chi connectivity index (χ0n) is 23.3. The van der Waals surface area contributed by atoms with E-state index in [-0.39, 0.29) is 17.6 Å². The number of Topliss-reactive ketones (excluding diaryl/α,β-unsaturated/α-hetero) is 1. The van der Waals surface area contributed by atoms with Gasteiger partial charge in [-0.05, 0) is 42.4 Å². The molecule has 0 unspecified atom stereocenters. The van der Waals surface area contributed by atoms with Crippen molar-refractivity contribution >= 4 is 38.2 Å². The second kappa shape index (κ2) is 9.59. The number of ketones is 1. The third kappa shape index (κ3) is 5.22. The van der Waals surface area contributed by atoms with Crippen molar-refractivity contribution in [2.75, 3.05) is 18.5 Å². The minimum absolute atomic E-state index is 0.116. The molecule has 0 aliphatic heterocycles. The van der Waals surface area contributed by atoms with Crippen molar-refractivity contribution in [3.05, 3.63) is 65.7 Å². The molecule has 1 saturated carbocycles. The predicted octanol–water partition coefficient (Wildman–Crippen LogP) is 6.88. The summed E-state index contributed by atoms with van der Waals surface area (Å²) in [5.74, 6) is 1.93. The maximum absolute atomic E-state index is 12.7. The van der Waals surface area contributed by atoms with Gasteiger partial charge in [-0.1, -0.05) is 68.5 Å². The first-order valence-electron chi connectivity index (χ1n) is 13.7. The summed E-state index contributed by atoms with van der Waals surface area (Å²) in [6.45, 7) is 9.55. The molecule has 0 atom stereocenters. The van der Waals surface area contributed by atoms with Crippen LogP contribution in [0.25, 0.3) is 26.6 Å². The van der Waals surface area contributed by atoms with Gasteiger partial charge in [0.15, 0.2) is 4.96 Å². The molecule has 0 spiro atoms. The highest BCUT2D eigenvalue weighted by atomic mass is 32.1. The lowest BCUT2D eigenvalue weighted by Crippen LogP contribution is -2.26. The van der Waals surface area contributed by atoms with Crippen LogP contribution in [0.5, 0.6) is 0 Å². The van der Waals surface area contributed by atoms with Crippen LogP contribution in [0.2, 0.25) is 0 Å². The van der Waals surface area contributed by atoms with E-state index in [0.717, 1.165) is 50.3 Å². The van der Waals surface area contributed by atoms with Crippen LogP contribution in [0, 0.1) is 5.41 Å². The third-order valence-corrected chi connectivity index (χ3v) is 8.91. The van der Waals surface area contributed by atoms with Gasteiger partial charge in [0.05, 0.1) is 23.3 Å². The van der Waals surface area contributed by atoms with Crippen molar-refractivity contribution < 1.29 is 9.32 Å². The van der Waals surface area contributed by atoms with Gasteiger partial charge in [0, 0.05) is 43.3 Å². The molecule has 6 rings (SSSR count). The van der Waals surface area contributed by atoms with Crippen LogP contribution >= 0.6 is 11.3 Å². The number of carbonyl (C=O) groups is 1. The van der Waals surface area contributed by atoms with Gasteiger partial charge in [-0.15, -0.1) is 0 Å². The Kier molecular flexibility index (Phi) is 6.33. The number of nitrogens with zero attached hydrogens (tertiary/aromatic N) is 5. The average Bonchev–Trinajstić information content (AvgIpc) is 3.19. The molecular formula is C31H35N5O2S. The van der Waals surface area contributed by atoms with Crippen molar-refractivity contribution in [3.63, 3.8) is 0 Å². The van der Waals surface area contributed by atoms with Crippen LogP contribution in [-0.2, 0) is 23.1 Å². The van der Waals surface area contributed by atoms with Crippen LogP contribution in [0.4, 0.5) is 5.82 Å². The van der Waals surface area contributed by atoms with E-state index in [1.807, 2.05) is 30.3 Å². The number of pyridine rings is 1. The molecule has 0 bridgehead atoms. The lowest BCUT2D eigenvalue weighted by atomic mass is 9.93. The zero-order chi connectivity index (χ0) is 27.4. The fourth-order valence-corrected chi connectivity index (χ4v) is 6.12. The summed E-state index contributed by atoms with van der Waals surface area (Å²) >= 11 is 1.62. The first kappa shape index (κ1) is 25.7. The molecule has 1 aliphatic rings. The molecule has 0 saturated heterocycles. The fraction of sp³-hybridized carbons (Fsp3) is 0.419. The number of carbonyl (C=O) groups excluding carboxylic acids is 1. The van der Waals surface area contributed by atoms with Crippen LogP contribution in [0.3, 0.4) is 0 Å². The van der Waals surface area contributed by atoms with E-state index in [1.165, 1.54) is 19.3 Å². The fourth-order valence-electron chi connectivity index (χ4n) is 5.15. The number of anilines is 1. The van der Waals surface area contributed by atoms with Gasteiger partial charge in [-0.2, -0.15) is 0 Å². The Morgan fingerprint density at radius 2 is 1.87 bits per heavy atom. The average molecular weight is 542 g/mol. The normalized spacial score (nSPS) is 14.8. The third-order valence-electron chi connectivity index (χ3n) is 7.94. The molecule has 4 aromatic heterocycles. The van der Waals surface area contributed by atoms with Crippen molar-refractivity contribution in [1.82, 2.24) is 19.5 Å². The number of aromatic nitrogens is 4. The van der Waals surface area contributed by atoms with E-state index >= 15 is 0 Å². The Morgan fingerprint density at radius 3 is 2.54 bits per heavy atom. The Bertz CT molecular complexity index is 1650. The summed E-state index contributed by atoms with van der Waals surface area (Å²) in [6, 6.07) is 14.3. The summed E-state index contributed by atoms with van der Waals surface area (Å²) in [7, 11) is 2.15. The molecule has 1 aromatic carbocycles. The van der Waals surface area contributed by atoms with E-state index in [4.69, 9.17) is 14.5 Å². The van der Waals surface area contributed by atoms with Gasteiger partial charge in [0.1, 0.15) is 22.2 Å². The molecule has 1 aliphatic carbocycles. The summed E-state index contributed by atoms with van der Waals surface area (Å²) in [6.07, 6.45) is 6.59. The van der Waals surface area contributed by atoms with Crippen LogP contribution < -0.4 is 4.90 Å². The second-order valence-corrected chi connectivity index (χ2v) is 13.1. The van der Waals surface area contributed by atoms with Crippen LogP contribution in [-0.4, -0.2) is 38.9 Å². The van der Waals surface area contributed by atoms with E-state index < -0.39 is 0 Å². The Hall–Kier alpha value is -3.52. The number of fused-ring (bicyclic) bond motifs is 3. The second-order valence-electron chi connectivity index (χ2n) is 12.1. The monoisotopic (exact) mass is 541 g/mol. The molecule has 7 nitrogen and oxygen atoms in total. The summed E-state index contributed by atoms with van der Waals surface area (Å²) in [5, 5.41) is 4.08. The smallest absolute Gasteiger partial charge is 0.196 e. The number of hydrogen-bond acceptors (Lipinski definition) is 7. The Morgan fingerprint density at radius 1 is 1.10 bits per heavy atom. The first-order valence-corrected chi connectivity index (χ1v) is 14.5. The molecule has 1 fully saturated rings. The SMILES string of the molecule is CCC1(CN(C)c2ccc3c(n2)sc2nc(-c4ccc(CC(=O)Cc5cc(C(C)(C)C)on5)cc4)cn23)CC1. The first-order chi connectivity index (χ1) is 18.6. The van der Waals surface area contributed by atoms with Gasteiger partial charge in [0.2, 0.25) is 0 Å². The number of imidazole rings is 1. The Labute approximate surface area is 232 Å². The highest BCUT2D eigenvalue weighted by Gasteiger charge is 2.41. The molecule has 0 amide bonds. The van der Waals surface area contributed by atoms with Crippen LogP contribution in [0.1, 0.15) is 64.0 Å². The van der Waals surface area contributed by atoms with Gasteiger partial charge in [-0.3, -0.25) is 9.20 Å². The lowest BCUT2D eigenvalue weighted by Gasteiger charge is -2.23. The van der Waals surface area contributed by atoms with Crippen molar-refractivity contribution in [1.29, 1.82) is 0 Å². The summed E-state index contributed by atoms with van der Waals surface area (Å²) in [4.78, 5) is 26.7. The molecular weight excluding hydrogens is 506 g/mol. The Balaban J connectivity index is 1.14. The van der Waals surface area contributed by atoms with Crippen molar-refractivity contribution in [2.24, 2.45) is 5.41 Å². The molecule has 4 heterocycles. The predicted molar refractivity (Wildman–Crippen MR) is 157 cm³/mol. The van der Waals surface area contributed by atoms with Crippen molar-refractivity contribution in [2.45, 2.75) is 65.2 Å². The molecule has 5 aromatic rings. The van der Waals surface area contributed by atoms with Gasteiger partial charge in [0.25, 0.3) is 0 Å². The maximum atomic E-state index is 12.7. The summed E-state index contributed by atoms with van der Waals surface area (Å²) in [5.41, 5.74) is 5.05. The lowest BCUT2D eigenvalue weighted by molar-refractivity contribution is -0.117. The molecule has 202 valence electrons. The molecule has 0 N–H and O–H groups in total. The standard InChI is InChI=1S/C31H35N5O2S/c1-6-31(13-14-31)19-35(5)27-12-11-25-28(33-27)39-29-32-24(18-36(25)29)21-9-7-20(8-10-21)15-23(37)16-22-17-26(38-34-22)30(2,3)4/h7-12,17-18H,6,13-16,19H2,1-5H3. The highest BCUT2D eigenvalue weighted by molar-refractivity contribution is 7.23. The van der Waals surface area contributed by atoms with Gasteiger partial charge in [-0.25, -0.2) is 9.97 Å². The van der Waals surface area contributed by atoms with Crippen molar-refractivity contribution in [3.8, 4) is 11.3 Å². The van der Waals surface area contributed by atoms with Gasteiger partial charge >= 0.3 is 0 Å². The number of rotatable bonds is 9. The number of benzene rings is 1. The zero-order valence-corrected chi connectivity index (χ0v) is 24.1. The molecule has 0 radical (unpaired) electrons. The van der Waals surface area contributed by atoms with E-state index in [1.54, 1.807) is 11.3 Å². The largest absolute Gasteiger partial charge is 0.361 e. The maximum Gasteiger partial charge on any atom is 0.196 e. The van der Waals surface area contributed by atoms with Gasteiger partial charge < -0.3 is 9.42 Å². The molecule has 8 heteroatoms. The van der Waals surface area contributed by atoms with E-state index in [9.17, 15) is 4.79 Å². The molecule has 39 heavy (non-hydrogen) atoms. The minimum Gasteiger partial charge on any atom is -0.361 e. The van der Waals surface area contributed by atoms with E-state index in [0.29, 0.717) is 17.5 Å². The topological polar surface area (TPSA) is 76.5 Å². The quantitative estimate of drug-likeness (QED) is 0.203.